The highest BCUT2D eigenvalue weighted by Crippen LogP contribution is 2.10. The van der Waals surface area contributed by atoms with Crippen molar-refractivity contribution < 1.29 is 15.3 Å². The first kappa shape index (κ1) is 12.9. The van der Waals surface area contributed by atoms with Gasteiger partial charge in [-0.05, 0) is 32.1 Å². The first-order valence-electron chi connectivity index (χ1n) is 5.17. The van der Waals surface area contributed by atoms with Crippen molar-refractivity contribution >= 4 is 0 Å². The summed E-state index contributed by atoms with van der Waals surface area (Å²) in [4.78, 5) is 0. The third kappa shape index (κ3) is 8.22. The first-order chi connectivity index (χ1) is 6.20. The zero-order valence-electron chi connectivity index (χ0n) is 8.45. The summed E-state index contributed by atoms with van der Waals surface area (Å²) in [6.07, 6.45) is 3.65. The Morgan fingerprint density at radius 3 is 2.15 bits per heavy atom. The van der Waals surface area contributed by atoms with Crippen molar-refractivity contribution in [2.75, 3.05) is 6.61 Å². The Labute approximate surface area is 80.4 Å². The molecule has 0 saturated heterocycles. The summed E-state index contributed by atoms with van der Waals surface area (Å²) in [5.41, 5.74) is 0. The summed E-state index contributed by atoms with van der Waals surface area (Å²) < 4.78 is 0. The molecule has 0 aliphatic rings. The largest absolute Gasteiger partial charge is 0.396 e. The van der Waals surface area contributed by atoms with Gasteiger partial charge in [0.25, 0.3) is 0 Å². The average Bonchev–Trinajstić information content (AvgIpc) is 2.05. The Bertz CT molecular complexity index is 106. The van der Waals surface area contributed by atoms with E-state index >= 15 is 0 Å². The first-order valence-corrected chi connectivity index (χ1v) is 5.17. The fourth-order valence-electron chi connectivity index (χ4n) is 1.37. The van der Waals surface area contributed by atoms with Crippen LogP contribution in [-0.2, 0) is 0 Å². The molecule has 3 heteroatoms. The van der Waals surface area contributed by atoms with Crippen molar-refractivity contribution in [3.05, 3.63) is 0 Å². The van der Waals surface area contributed by atoms with E-state index in [-0.39, 0.29) is 12.7 Å². The Morgan fingerprint density at radius 2 is 1.62 bits per heavy atom. The summed E-state index contributed by atoms with van der Waals surface area (Å²) in [7, 11) is 0. The molecule has 0 radical (unpaired) electrons. The molecule has 13 heavy (non-hydrogen) atoms. The van der Waals surface area contributed by atoms with Gasteiger partial charge in [0.1, 0.15) is 0 Å². The fourth-order valence-corrected chi connectivity index (χ4v) is 1.37. The Balaban J connectivity index is 3.32. The molecule has 3 nitrogen and oxygen atoms in total. The summed E-state index contributed by atoms with van der Waals surface area (Å²) in [5, 5.41) is 27.3. The maximum atomic E-state index is 9.43. The number of hydrogen-bond donors (Lipinski definition) is 3. The van der Waals surface area contributed by atoms with Crippen LogP contribution < -0.4 is 0 Å². The predicted octanol–water partition coefficient (Wildman–Crippen LogP) is 1.06. The SMILES string of the molecule is CCC[C@H](O)C[C@H](O)CCCCO. The Hall–Kier alpha value is -0.120. The summed E-state index contributed by atoms with van der Waals surface area (Å²) in [6, 6.07) is 0. The monoisotopic (exact) mass is 190 g/mol. The molecule has 2 atom stereocenters. The van der Waals surface area contributed by atoms with Crippen molar-refractivity contribution in [3.8, 4) is 0 Å². The second-order valence-corrected chi connectivity index (χ2v) is 3.55. The van der Waals surface area contributed by atoms with Crippen LogP contribution in [-0.4, -0.2) is 34.1 Å². The molecule has 0 fully saturated rings. The molecular weight excluding hydrogens is 168 g/mol. The smallest absolute Gasteiger partial charge is 0.0564 e. The van der Waals surface area contributed by atoms with Gasteiger partial charge in [0.2, 0.25) is 0 Å². The van der Waals surface area contributed by atoms with E-state index in [0.29, 0.717) is 12.8 Å². The average molecular weight is 190 g/mol. The lowest BCUT2D eigenvalue weighted by atomic mass is 10.0. The normalized spacial score (nSPS) is 15.7. The maximum absolute atomic E-state index is 9.43. The van der Waals surface area contributed by atoms with Gasteiger partial charge in [-0.1, -0.05) is 13.3 Å². The van der Waals surface area contributed by atoms with Gasteiger partial charge < -0.3 is 15.3 Å². The number of aliphatic hydroxyl groups is 3. The minimum atomic E-state index is -0.409. The summed E-state index contributed by atoms with van der Waals surface area (Å²) in [6.45, 7) is 2.20. The Morgan fingerprint density at radius 1 is 1.00 bits per heavy atom. The van der Waals surface area contributed by atoms with Crippen molar-refractivity contribution in [2.24, 2.45) is 0 Å². The lowest BCUT2D eigenvalue weighted by Gasteiger charge is -2.14. The van der Waals surface area contributed by atoms with E-state index in [1.807, 2.05) is 6.92 Å². The molecule has 0 aliphatic heterocycles. The van der Waals surface area contributed by atoms with Gasteiger partial charge in [0.05, 0.1) is 12.2 Å². The topological polar surface area (TPSA) is 60.7 Å². The second-order valence-electron chi connectivity index (χ2n) is 3.55. The molecule has 0 bridgehead atoms. The third-order valence-corrected chi connectivity index (χ3v) is 2.11. The molecule has 0 rings (SSSR count). The molecule has 0 amide bonds. The molecule has 0 aliphatic carbocycles. The van der Waals surface area contributed by atoms with E-state index in [4.69, 9.17) is 5.11 Å². The van der Waals surface area contributed by atoms with Crippen LogP contribution >= 0.6 is 0 Å². The fraction of sp³-hybridized carbons (Fsp3) is 1.00. The van der Waals surface area contributed by atoms with Crippen LogP contribution in [0, 0.1) is 0 Å². The van der Waals surface area contributed by atoms with Gasteiger partial charge >= 0.3 is 0 Å². The molecule has 0 saturated carbocycles. The minimum absolute atomic E-state index is 0.185. The van der Waals surface area contributed by atoms with E-state index in [9.17, 15) is 10.2 Å². The lowest BCUT2D eigenvalue weighted by molar-refractivity contribution is 0.0685. The Kier molecular flexibility index (Phi) is 8.40. The lowest BCUT2D eigenvalue weighted by Crippen LogP contribution is -2.17. The van der Waals surface area contributed by atoms with Gasteiger partial charge in [-0.2, -0.15) is 0 Å². The van der Waals surface area contributed by atoms with Crippen LogP contribution in [0.2, 0.25) is 0 Å². The molecule has 0 aromatic carbocycles. The van der Waals surface area contributed by atoms with Gasteiger partial charge in [0.15, 0.2) is 0 Å². The van der Waals surface area contributed by atoms with Crippen molar-refractivity contribution in [3.63, 3.8) is 0 Å². The minimum Gasteiger partial charge on any atom is -0.396 e. The number of rotatable bonds is 8. The molecule has 0 unspecified atom stereocenters. The van der Waals surface area contributed by atoms with Crippen LogP contribution in [0.1, 0.15) is 45.4 Å². The predicted molar refractivity (Wildman–Crippen MR) is 52.5 cm³/mol. The summed E-state index contributed by atoms with van der Waals surface area (Å²) in [5.74, 6) is 0. The highest BCUT2D eigenvalue weighted by molar-refractivity contribution is 4.63. The molecule has 0 heterocycles. The van der Waals surface area contributed by atoms with Crippen LogP contribution in [0.5, 0.6) is 0 Å². The molecule has 3 N–H and O–H groups in total. The quantitative estimate of drug-likeness (QED) is 0.502. The van der Waals surface area contributed by atoms with Crippen LogP contribution in [0.25, 0.3) is 0 Å². The standard InChI is InChI=1S/C10H22O3/c1-2-5-9(12)8-10(13)6-3-4-7-11/h9-13H,2-8H2,1H3/t9-,10+/m0/s1. The molecule has 0 spiro atoms. The van der Waals surface area contributed by atoms with E-state index in [2.05, 4.69) is 0 Å². The van der Waals surface area contributed by atoms with Crippen LogP contribution in [0.3, 0.4) is 0 Å². The zero-order chi connectivity index (χ0) is 10.1. The number of hydrogen-bond acceptors (Lipinski definition) is 3. The highest BCUT2D eigenvalue weighted by atomic mass is 16.3. The second kappa shape index (κ2) is 8.48. The van der Waals surface area contributed by atoms with Crippen LogP contribution in [0.15, 0.2) is 0 Å². The van der Waals surface area contributed by atoms with Crippen LogP contribution in [0.4, 0.5) is 0 Å². The van der Waals surface area contributed by atoms with E-state index < -0.39 is 6.10 Å². The number of aliphatic hydroxyl groups excluding tert-OH is 3. The molecule has 0 aromatic heterocycles. The summed E-state index contributed by atoms with van der Waals surface area (Å²) >= 11 is 0. The van der Waals surface area contributed by atoms with Gasteiger partial charge in [-0.15, -0.1) is 0 Å². The van der Waals surface area contributed by atoms with Crippen molar-refractivity contribution in [1.82, 2.24) is 0 Å². The van der Waals surface area contributed by atoms with Crippen molar-refractivity contribution in [2.45, 2.75) is 57.7 Å². The molecule has 0 aromatic rings. The van der Waals surface area contributed by atoms with Gasteiger partial charge in [0, 0.05) is 6.61 Å². The zero-order valence-corrected chi connectivity index (χ0v) is 8.45. The third-order valence-electron chi connectivity index (χ3n) is 2.11. The molecular formula is C10H22O3. The highest BCUT2D eigenvalue weighted by Gasteiger charge is 2.10. The van der Waals surface area contributed by atoms with Gasteiger partial charge in [-0.25, -0.2) is 0 Å². The van der Waals surface area contributed by atoms with Crippen molar-refractivity contribution in [1.29, 1.82) is 0 Å². The molecule has 80 valence electrons. The van der Waals surface area contributed by atoms with E-state index in [1.165, 1.54) is 0 Å². The number of unbranched alkanes of at least 4 members (excludes halogenated alkanes) is 1. The van der Waals surface area contributed by atoms with E-state index in [1.54, 1.807) is 0 Å². The van der Waals surface area contributed by atoms with E-state index in [0.717, 1.165) is 25.7 Å². The maximum Gasteiger partial charge on any atom is 0.0564 e. The van der Waals surface area contributed by atoms with Gasteiger partial charge in [-0.3, -0.25) is 0 Å².